The Bertz CT molecular complexity index is 790. The standard InChI is InChI=1S/C20H25F3N2O4/c1-13(2)29-15-14(7-5-11-24-15)19(17(27)28)10-6-12-25(19)16(26)18(20(21,22)23)8-3-4-9-18/h5,7,11,13H,3-4,6,8-10,12H2,1-2H3,(H,27,28). The zero-order valence-electron chi connectivity index (χ0n) is 16.5. The summed E-state index contributed by atoms with van der Waals surface area (Å²) in [5.74, 6) is -2.50. The third kappa shape index (κ3) is 3.34. The van der Waals surface area contributed by atoms with Crippen molar-refractivity contribution in [2.75, 3.05) is 6.54 Å². The van der Waals surface area contributed by atoms with Crippen molar-refractivity contribution in [2.45, 2.75) is 70.2 Å². The number of ether oxygens (including phenoxy) is 1. The van der Waals surface area contributed by atoms with Crippen LogP contribution < -0.4 is 4.74 Å². The quantitative estimate of drug-likeness (QED) is 0.791. The fraction of sp³-hybridized carbons (Fsp3) is 0.650. The first-order valence-corrected chi connectivity index (χ1v) is 9.80. The van der Waals surface area contributed by atoms with E-state index in [1.165, 1.54) is 18.3 Å². The number of aromatic nitrogens is 1. The maximum Gasteiger partial charge on any atom is 0.403 e. The molecule has 29 heavy (non-hydrogen) atoms. The number of nitrogens with zero attached hydrogens (tertiary/aromatic N) is 2. The highest BCUT2D eigenvalue weighted by atomic mass is 19.4. The second kappa shape index (κ2) is 7.50. The van der Waals surface area contributed by atoms with Crippen LogP contribution in [0.25, 0.3) is 0 Å². The second-order valence-corrected chi connectivity index (χ2v) is 8.04. The Labute approximate surface area is 167 Å². The molecule has 1 saturated carbocycles. The fourth-order valence-corrected chi connectivity index (χ4v) is 4.59. The number of aliphatic carboxylic acids is 1. The summed E-state index contributed by atoms with van der Waals surface area (Å²) in [6.45, 7) is 3.42. The number of rotatable bonds is 5. The van der Waals surface area contributed by atoms with Crippen LogP contribution in [0, 0.1) is 5.41 Å². The van der Waals surface area contributed by atoms with Gasteiger partial charge in [0.15, 0.2) is 5.54 Å². The molecule has 3 rings (SSSR count). The van der Waals surface area contributed by atoms with Gasteiger partial charge in [-0.3, -0.25) is 4.79 Å². The van der Waals surface area contributed by atoms with E-state index in [-0.39, 0.29) is 62.6 Å². The Morgan fingerprint density at radius 1 is 1.21 bits per heavy atom. The summed E-state index contributed by atoms with van der Waals surface area (Å²) in [6, 6.07) is 2.97. The molecule has 1 N–H and O–H groups in total. The molecule has 2 heterocycles. The van der Waals surface area contributed by atoms with Gasteiger partial charge in [-0.25, -0.2) is 9.78 Å². The second-order valence-electron chi connectivity index (χ2n) is 8.04. The van der Waals surface area contributed by atoms with Gasteiger partial charge in [-0.2, -0.15) is 13.2 Å². The first kappa shape index (κ1) is 21.4. The van der Waals surface area contributed by atoms with Crippen LogP contribution in [0.3, 0.4) is 0 Å². The molecule has 0 radical (unpaired) electrons. The van der Waals surface area contributed by atoms with E-state index in [1.54, 1.807) is 13.8 Å². The lowest BCUT2D eigenvalue weighted by Gasteiger charge is -2.41. The lowest BCUT2D eigenvalue weighted by molar-refractivity contribution is -0.228. The van der Waals surface area contributed by atoms with Crippen LogP contribution in [0.1, 0.15) is 57.9 Å². The van der Waals surface area contributed by atoms with Crippen LogP contribution in [0.15, 0.2) is 18.3 Å². The lowest BCUT2D eigenvalue weighted by atomic mass is 9.80. The summed E-state index contributed by atoms with van der Waals surface area (Å²) in [7, 11) is 0. The number of carbonyl (C=O) groups is 2. The van der Waals surface area contributed by atoms with Gasteiger partial charge in [0.1, 0.15) is 5.41 Å². The van der Waals surface area contributed by atoms with Crippen molar-refractivity contribution in [3.63, 3.8) is 0 Å². The average molecular weight is 414 g/mol. The summed E-state index contributed by atoms with van der Waals surface area (Å²) in [5, 5.41) is 10.2. The van der Waals surface area contributed by atoms with E-state index in [9.17, 15) is 27.9 Å². The van der Waals surface area contributed by atoms with Gasteiger partial charge in [0.2, 0.25) is 11.8 Å². The zero-order chi connectivity index (χ0) is 21.4. The van der Waals surface area contributed by atoms with E-state index < -0.39 is 29.0 Å². The Hall–Kier alpha value is -2.32. The largest absolute Gasteiger partial charge is 0.479 e. The van der Waals surface area contributed by atoms with Crippen LogP contribution in [0.4, 0.5) is 13.2 Å². The molecule has 0 aromatic carbocycles. The van der Waals surface area contributed by atoms with E-state index in [4.69, 9.17) is 4.74 Å². The normalized spacial score (nSPS) is 24.1. The van der Waals surface area contributed by atoms with Gasteiger partial charge in [0, 0.05) is 12.7 Å². The predicted molar refractivity (Wildman–Crippen MR) is 97.2 cm³/mol. The molecule has 160 valence electrons. The van der Waals surface area contributed by atoms with Gasteiger partial charge in [-0.15, -0.1) is 0 Å². The summed E-state index contributed by atoms with van der Waals surface area (Å²) in [6.07, 6.45) is -3.41. The summed E-state index contributed by atoms with van der Waals surface area (Å²) in [4.78, 5) is 30.8. The molecule has 1 aliphatic carbocycles. The van der Waals surface area contributed by atoms with Crippen LogP contribution >= 0.6 is 0 Å². The number of carboxylic acid groups (broad SMARTS) is 1. The van der Waals surface area contributed by atoms with Gasteiger partial charge in [-0.1, -0.05) is 12.8 Å². The van der Waals surface area contributed by atoms with Gasteiger partial charge < -0.3 is 14.7 Å². The highest BCUT2D eigenvalue weighted by molar-refractivity contribution is 5.92. The topological polar surface area (TPSA) is 79.7 Å². The molecule has 0 bridgehead atoms. The smallest absolute Gasteiger partial charge is 0.403 e. The van der Waals surface area contributed by atoms with Crippen molar-refractivity contribution >= 4 is 11.9 Å². The molecule has 1 atom stereocenters. The van der Waals surface area contributed by atoms with E-state index in [2.05, 4.69) is 4.98 Å². The van der Waals surface area contributed by atoms with E-state index in [0.717, 1.165) is 4.90 Å². The van der Waals surface area contributed by atoms with Crippen LogP contribution in [-0.2, 0) is 15.1 Å². The van der Waals surface area contributed by atoms with Crippen molar-refractivity contribution in [3.05, 3.63) is 23.9 Å². The van der Waals surface area contributed by atoms with E-state index >= 15 is 0 Å². The SMILES string of the molecule is CC(C)Oc1ncccc1C1(C(=O)O)CCCN1C(=O)C1(C(F)(F)F)CCCC1. The average Bonchev–Trinajstić information content (AvgIpc) is 3.29. The minimum absolute atomic E-state index is 0.00214. The van der Waals surface area contributed by atoms with Crippen molar-refractivity contribution in [1.29, 1.82) is 0 Å². The lowest BCUT2D eigenvalue weighted by Crippen LogP contribution is -2.58. The van der Waals surface area contributed by atoms with Crippen molar-refractivity contribution in [1.82, 2.24) is 9.88 Å². The molecular formula is C20H25F3N2O4. The minimum atomic E-state index is -4.74. The third-order valence-electron chi connectivity index (χ3n) is 5.95. The Balaban J connectivity index is 2.13. The summed E-state index contributed by atoms with van der Waals surface area (Å²) in [5.41, 5.74) is -4.35. The molecule has 6 nitrogen and oxygen atoms in total. The number of alkyl halides is 3. The molecule has 1 amide bonds. The maximum absolute atomic E-state index is 14.0. The van der Waals surface area contributed by atoms with Crippen molar-refractivity contribution in [2.24, 2.45) is 5.41 Å². The molecule has 9 heteroatoms. The molecular weight excluding hydrogens is 389 g/mol. The van der Waals surface area contributed by atoms with Gasteiger partial charge in [0.05, 0.1) is 11.7 Å². The number of carboxylic acids is 1. The van der Waals surface area contributed by atoms with Gasteiger partial charge >= 0.3 is 12.1 Å². The van der Waals surface area contributed by atoms with Gasteiger partial charge in [-0.05, 0) is 51.7 Å². The molecule has 1 aromatic rings. The molecule has 2 fully saturated rings. The van der Waals surface area contributed by atoms with Crippen LogP contribution in [-0.4, -0.2) is 45.7 Å². The maximum atomic E-state index is 14.0. The predicted octanol–water partition coefficient (Wildman–Crippen LogP) is 3.89. The highest BCUT2D eigenvalue weighted by Crippen LogP contribution is 2.54. The number of hydrogen-bond acceptors (Lipinski definition) is 4. The fourth-order valence-electron chi connectivity index (χ4n) is 4.59. The summed E-state index contributed by atoms with van der Waals surface area (Å²) >= 11 is 0. The molecule has 1 aliphatic heterocycles. The first-order chi connectivity index (χ1) is 13.6. The zero-order valence-corrected chi connectivity index (χ0v) is 16.5. The van der Waals surface area contributed by atoms with E-state index in [0.29, 0.717) is 0 Å². The molecule has 1 saturated heterocycles. The van der Waals surface area contributed by atoms with Gasteiger partial charge in [0.25, 0.3) is 0 Å². The molecule has 0 spiro atoms. The molecule has 2 aliphatic rings. The summed E-state index contributed by atoms with van der Waals surface area (Å²) < 4.78 is 47.6. The number of amides is 1. The number of halogens is 3. The Kier molecular flexibility index (Phi) is 5.53. The highest BCUT2D eigenvalue weighted by Gasteiger charge is 2.66. The molecule has 1 unspecified atom stereocenters. The number of hydrogen-bond donors (Lipinski definition) is 1. The number of pyridine rings is 1. The van der Waals surface area contributed by atoms with Crippen LogP contribution in [0.5, 0.6) is 5.88 Å². The Morgan fingerprint density at radius 3 is 2.41 bits per heavy atom. The Morgan fingerprint density at radius 2 is 1.86 bits per heavy atom. The minimum Gasteiger partial charge on any atom is -0.479 e. The first-order valence-electron chi connectivity index (χ1n) is 9.80. The van der Waals surface area contributed by atoms with E-state index in [1.807, 2.05) is 0 Å². The van der Waals surface area contributed by atoms with Crippen LogP contribution in [0.2, 0.25) is 0 Å². The molecule has 1 aromatic heterocycles. The monoisotopic (exact) mass is 414 g/mol. The van der Waals surface area contributed by atoms with Crippen molar-refractivity contribution in [3.8, 4) is 5.88 Å². The number of likely N-dealkylation sites (tertiary alicyclic amines) is 1. The number of carbonyl (C=O) groups excluding carboxylic acids is 1. The van der Waals surface area contributed by atoms with Crippen molar-refractivity contribution < 1.29 is 32.6 Å². The third-order valence-corrected chi connectivity index (χ3v) is 5.95.